The highest BCUT2D eigenvalue weighted by Crippen LogP contribution is 2.11. The van der Waals surface area contributed by atoms with Crippen LogP contribution in [0.1, 0.15) is 53.0 Å². The Bertz CT molecular complexity index is 334. The van der Waals surface area contributed by atoms with Gasteiger partial charge in [0, 0.05) is 5.38 Å². The van der Waals surface area contributed by atoms with Crippen molar-refractivity contribution in [1.29, 1.82) is 0 Å². The van der Waals surface area contributed by atoms with Gasteiger partial charge in [0.05, 0.1) is 0 Å². The number of halogens is 1. The Morgan fingerprint density at radius 1 is 1.16 bits per heavy atom. The number of hydrogen-bond acceptors (Lipinski definition) is 0. The van der Waals surface area contributed by atoms with Gasteiger partial charge in [-0.3, -0.25) is 0 Å². The lowest BCUT2D eigenvalue weighted by Crippen LogP contribution is -2.04. The van der Waals surface area contributed by atoms with E-state index in [1.807, 2.05) is 0 Å². The van der Waals surface area contributed by atoms with Gasteiger partial charge >= 0.3 is 0 Å². The van der Waals surface area contributed by atoms with Gasteiger partial charge < -0.3 is 0 Å². The lowest BCUT2D eigenvalue weighted by atomic mass is 10.1. The lowest BCUT2D eigenvalue weighted by Gasteiger charge is -2.07. The van der Waals surface area contributed by atoms with Crippen molar-refractivity contribution in [3.63, 3.8) is 0 Å². The molecule has 0 N–H and O–H groups in total. The van der Waals surface area contributed by atoms with Crippen LogP contribution >= 0.6 is 11.6 Å². The van der Waals surface area contributed by atoms with Crippen LogP contribution in [-0.4, -0.2) is 5.38 Å². The summed E-state index contributed by atoms with van der Waals surface area (Å²) in [6.07, 6.45) is 5.69. The molecule has 0 bridgehead atoms. The summed E-state index contributed by atoms with van der Waals surface area (Å²) in [4.78, 5) is 0. The zero-order valence-electron chi connectivity index (χ0n) is 13.1. The van der Waals surface area contributed by atoms with Crippen molar-refractivity contribution in [3.05, 3.63) is 47.5 Å². The normalized spacial score (nSPS) is 11.5. The molecular weight excluding hydrogens is 252 g/mol. The molecule has 0 spiro atoms. The second-order valence-corrected chi connectivity index (χ2v) is 6.03. The van der Waals surface area contributed by atoms with Crippen molar-refractivity contribution in [3.8, 4) is 0 Å². The topological polar surface area (TPSA) is 0 Å². The van der Waals surface area contributed by atoms with Gasteiger partial charge in [0.25, 0.3) is 0 Å². The van der Waals surface area contributed by atoms with Crippen molar-refractivity contribution in [2.24, 2.45) is 5.92 Å². The molecule has 1 rings (SSSR count). The number of rotatable bonds is 5. The fraction of sp³-hybridized carbons (Fsp3) is 0.556. The second-order valence-electron chi connectivity index (χ2n) is 5.47. The quantitative estimate of drug-likeness (QED) is 0.442. The molecule has 0 radical (unpaired) electrons. The van der Waals surface area contributed by atoms with Crippen LogP contribution < -0.4 is 0 Å². The van der Waals surface area contributed by atoms with Crippen molar-refractivity contribution in [2.75, 3.05) is 0 Å². The number of alkyl halides is 1. The Kier molecular flexibility index (Phi) is 10.7. The third-order valence-corrected chi connectivity index (χ3v) is 3.75. The molecular formula is C18H29Cl. The minimum atomic E-state index is 0.375. The summed E-state index contributed by atoms with van der Waals surface area (Å²) in [6, 6.07) is 10.6. The first-order valence-corrected chi connectivity index (χ1v) is 7.72. The molecule has 0 aliphatic carbocycles. The van der Waals surface area contributed by atoms with E-state index in [9.17, 15) is 0 Å². The Balaban J connectivity index is 0.000000399. The molecule has 0 aliphatic rings. The third-order valence-electron chi connectivity index (χ3n) is 2.94. The zero-order chi connectivity index (χ0) is 14.7. The number of hydrogen-bond donors (Lipinski definition) is 0. The largest absolute Gasteiger partial charge is 0.123 e. The van der Waals surface area contributed by atoms with Crippen LogP contribution in [0.15, 0.2) is 42.0 Å². The summed E-state index contributed by atoms with van der Waals surface area (Å²) in [5.74, 6) is 0.631. The highest BCUT2D eigenvalue weighted by atomic mass is 35.5. The number of aryl methyl sites for hydroxylation is 1. The molecule has 0 heterocycles. The van der Waals surface area contributed by atoms with Crippen LogP contribution in [0, 0.1) is 5.92 Å². The van der Waals surface area contributed by atoms with Crippen LogP contribution in [-0.2, 0) is 6.42 Å². The summed E-state index contributed by atoms with van der Waals surface area (Å²) >= 11 is 5.80. The standard InChI is InChI=1S/C12H16.C6H13Cl/c1-11(2)7-6-10-12-8-4-3-5-9-12;1-4-6(7)5(2)3/h3-5,7-9H,6,10H2,1-2H3;5-6H,4H2,1-3H3. The zero-order valence-corrected chi connectivity index (χ0v) is 13.9. The molecule has 1 unspecified atom stereocenters. The maximum atomic E-state index is 5.80. The summed E-state index contributed by atoms with van der Waals surface area (Å²) in [6.45, 7) is 10.7. The molecule has 0 saturated carbocycles. The van der Waals surface area contributed by atoms with Gasteiger partial charge in [0.15, 0.2) is 0 Å². The smallest absolute Gasteiger partial charge is 0.0356 e. The van der Waals surface area contributed by atoms with E-state index in [0.29, 0.717) is 11.3 Å². The van der Waals surface area contributed by atoms with E-state index < -0.39 is 0 Å². The Labute approximate surface area is 124 Å². The molecule has 0 aliphatic heterocycles. The first kappa shape index (κ1) is 18.2. The molecule has 0 nitrogen and oxygen atoms in total. The summed E-state index contributed by atoms with van der Waals surface area (Å²) in [5, 5.41) is 0.375. The first-order valence-electron chi connectivity index (χ1n) is 7.28. The number of allylic oxidation sites excluding steroid dienone is 2. The molecule has 1 aromatic rings. The summed E-state index contributed by atoms with van der Waals surface area (Å²) < 4.78 is 0. The van der Waals surface area contributed by atoms with Gasteiger partial charge in [-0.05, 0) is 44.6 Å². The Morgan fingerprint density at radius 3 is 2.11 bits per heavy atom. The molecule has 1 heteroatoms. The van der Waals surface area contributed by atoms with E-state index in [0.717, 1.165) is 19.3 Å². The maximum Gasteiger partial charge on any atom is 0.0356 e. The van der Waals surface area contributed by atoms with Crippen LogP contribution in [0.2, 0.25) is 0 Å². The van der Waals surface area contributed by atoms with E-state index in [2.05, 4.69) is 71.0 Å². The Hall–Kier alpha value is -0.750. The van der Waals surface area contributed by atoms with Crippen LogP contribution in [0.4, 0.5) is 0 Å². The predicted molar refractivity (Wildman–Crippen MR) is 89.0 cm³/mol. The summed E-state index contributed by atoms with van der Waals surface area (Å²) in [5.41, 5.74) is 2.83. The van der Waals surface area contributed by atoms with Gasteiger partial charge in [0.1, 0.15) is 0 Å². The first-order chi connectivity index (χ1) is 8.97. The average Bonchev–Trinajstić information content (AvgIpc) is 2.39. The van der Waals surface area contributed by atoms with E-state index in [1.54, 1.807) is 0 Å². The molecule has 0 fully saturated rings. The molecule has 1 aromatic carbocycles. The van der Waals surface area contributed by atoms with E-state index in [1.165, 1.54) is 11.1 Å². The monoisotopic (exact) mass is 280 g/mol. The van der Waals surface area contributed by atoms with Gasteiger partial charge in [0.2, 0.25) is 0 Å². The molecule has 0 amide bonds. The number of benzene rings is 1. The fourth-order valence-electron chi connectivity index (χ4n) is 1.64. The summed E-state index contributed by atoms with van der Waals surface area (Å²) in [7, 11) is 0. The fourth-order valence-corrected chi connectivity index (χ4v) is 1.64. The van der Waals surface area contributed by atoms with Gasteiger partial charge in [-0.25, -0.2) is 0 Å². The van der Waals surface area contributed by atoms with E-state index >= 15 is 0 Å². The van der Waals surface area contributed by atoms with Crippen molar-refractivity contribution < 1.29 is 0 Å². The van der Waals surface area contributed by atoms with Gasteiger partial charge in [-0.1, -0.05) is 62.8 Å². The van der Waals surface area contributed by atoms with Gasteiger partial charge in [-0.15, -0.1) is 11.6 Å². The molecule has 108 valence electrons. The maximum absolute atomic E-state index is 5.80. The third kappa shape index (κ3) is 10.8. The van der Waals surface area contributed by atoms with E-state index in [4.69, 9.17) is 11.6 Å². The molecule has 19 heavy (non-hydrogen) atoms. The Morgan fingerprint density at radius 2 is 1.74 bits per heavy atom. The average molecular weight is 281 g/mol. The van der Waals surface area contributed by atoms with Crippen molar-refractivity contribution >= 4 is 11.6 Å². The SMILES string of the molecule is CC(C)=CCCc1ccccc1.CCC(Cl)C(C)C. The minimum absolute atomic E-state index is 0.375. The highest BCUT2D eigenvalue weighted by Gasteiger charge is 2.03. The second kappa shape index (κ2) is 11.1. The van der Waals surface area contributed by atoms with Crippen molar-refractivity contribution in [1.82, 2.24) is 0 Å². The highest BCUT2D eigenvalue weighted by molar-refractivity contribution is 6.20. The van der Waals surface area contributed by atoms with Gasteiger partial charge in [-0.2, -0.15) is 0 Å². The van der Waals surface area contributed by atoms with Crippen LogP contribution in [0.25, 0.3) is 0 Å². The molecule has 0 saturated heterocycles. The van der Waals surface area contributed by atoms with E-state index in [-0.39, 0.29) is 0 Å². The van der Waals surface area contributed by atoms with Crippen molar-refractivity contribution in [2.45, 2.75) is 59.3 Å². The minimum Gasteiger partial charge on any atom is -0.123 e. The van der Waals surface area contributed by atoms with Crippen LogP contribution in [0.3, 0.4) is 0 Å². The van der Waals surface area contributed by atoms with Crippen LogP contribution in [0.5, 0.6) is 0 Å². The molecule has 1 atom stereocenters. The lowest BCUT2D eigenvalue weighted by molar-refractivity contribution is 0.586. The molecule has 0 aromatic heterocycles. The predicted octanol–water partition coefficient (Wildman–Crippen LogP) is 6.25.